The van der Waals surface area contributed by atoms with Gasteiger partial charge in [-0.15, -0.1) is 0 Å². The van der Waals surface area contributed by atoms with Crippen LogP contribution in [0.1, 0.15) is 38.5 Å². The van der Waals surface area contributed by atoms with Crippen LogP contribution in [0.25, 0.3) is 0 Å². The van der Waals surface area contributed by atoms with Crippen molar-refractivity contribution >= 4 is 11.9 Å². The molecule has 0 unspecified atom stereocenters. The van der Waals surface area contributed by atoms with Gasteiger partial charge in [0.2, 0.25) is 5.91 Å². The molecule has 0 fully saturated rings. The van der Waals surface area contributed by atoms with E-state index >= 15 is 0 Å². The van der Waals surface area contributed by atoms with Crippen LogP contribution in [0.15, 0.2) is 0 Å². The van der Waals surface area contributed by atoms with Crippen molar-refractivity contribution in [1.29, 1.82) is 0 Å². The van der Waals surface area contributed by atoms with Crippen LogP contribution in [-0.4, -0.2) is 37.2 Å². The maximum atomic E-state index is 10.9. The zero-order valence-corrected chi connectivity index (χ0v) is 9.83. The number of carbonyl (C=O) groups is 2. The fourth-order valence-electron chi connectivity index (χ4n) is 1.27. The Hall–Kier alpha value is -1.10. The van der Waals surface area contributed by atoms with Crippen molar-refractivity contribution in [3.05, 3.63) is 0 Å². The van der Waals surface area contributed by atoms with Gasteiger partial charge in [-0.05, 0) is 12.8 Å². The van der Waals surface area contributed by atoms with Gasteiger partial charge in [0.05, 0.1) is 13.7 Å². The van der Waals surface area contributed by atoms with Gasteiger partial charge in [-0.25, -0.2) is 0 Å². The molecule has 16 heavy (non-hydrogen) atoms. The van der Waals surface area contributed by atoms with Gasteiger partial charge >= 0.3 is 5.97 Å². The summed E-state index contributed by atoms with van der Waals surface area (Å²) in [5.74, 6) is -0.284. The highest BCUT2D eigenvalue weighted by Gasteiger charge is 2.00. The average molecular weight is 231 g/mol. The number of aliphatic hydroxyl groups excluding tert-OH is 1. The summed E-state index contributed by atoms with van der Waals surface area (Å²) < 4.78 is 4.52. The molecule has 2 N–H and O–H groups in total. The third-order valence-corrected chi connectivity index (χ3v) is 2.20. The summed E-state index contributed by atoms with van der Waals surface area (Å²) in [4.78, 5) is 21.7. The average Bonchev–Trinajstić information content (AvgIpc) is 2.27. The molecule has 0 rings (SSSR count). The molecule has 0 heterocycles. The van der Waals surface area contributed by atoms with Gasteiger partial charge in [-0.2, -0.15) is 0 Å². The standard InChI is InChI=1S/C11H21NO4/c1-16-11(15)6-4-2-3-5-8-12-10(14)7-9-13/h13H,2-9H2,1H3,(H,12,14). The van der Waals surface area contributed by atoms with Crippen LogP contribution < -0.4 is 5.32 Å². The van der Waals surface area contributed by atoms with E-state index in [1.807, 2.05) is 0 Å². The van der Waals surface area contributed by atoms with Crippen molar-refractivity contribution in [3.63, 3.8) is 0 Å². The normalized spacial score (nSPS) is 9.88. The number of nitrogens with one attached hydrogen (secondary N) is 1. The Morgan fingerprint density at radius 1 is 1.12 bits per heavy atom. The monoisotopic (exact) mass is 231 g/mol. The number of rotatable bonds is 9. The summed E-state index contributed by atoms with van der Waals surface area (Å²) in [6.45, 7) is 0.530. The van der Waals surface area contributed by atoms with Gasteiger partial charge in [0, 0.05) is 19.4 Å². The second-order valence-corrected chi connectivity index (χ2v) is 3.56. The lowest BCUT2D eigenvalue weighted by Crippen LogP contribution is -2.24. The fourth-order valence-corrected chi connectivity index (χ4v) is 1.27. The summed E-state index contributed by atoms with van der Waals surface area (Å²) >= 11 is 0. The number of carbonyl (C=O) groups excluding carboxylic acids is 2. The molecule has 0 atom stereocenters. The molecule has 0 aromatic carbocycles. The first-order valence-electron chi connectivity index (χ1n) is 5.65. The molecule has 5 nitrogen and oxygen atoms in total. The first-order valence-corrected chi connectivity index (χ1v) is 5.65. The molecule has 0 aromatic heterocycles. The second-order valence-electron chi connectivity index (χ2n) is 3.56. The molecule has 94 valence electrons. The van der Waals surface area contributed by atoms with Crippen LogP contribution in [-0.2, 0) is 14.3 Å². The van der Waals surface area contributed by atoms with Crippen LogP contribution in [0.2, 0.25) is 0 Å². The van der Waals surface area contributed by atoms with Gasteiger partial charge in [-0.3, -0.25) is 9.59 Å². The highest BCUT2D eigenvalue weighted by atomic mass is 16.5. The third kappa shape index (κ3) is 9.45. The predicted molar refractivity (Wildman–Crippen MR) is 59.8 cm³/mol. The smallest absolute Gasteiger partial charge is 0.305 e. The number of unbranched alkanes of at least 4 members (excludes halogenated alkanes) is 3. The first kappa shape index (κ1) is 14.9. The summed E-state index contributed by atoms with van der Waals surface area (Å²) in [7, 11) is 1.39. The largest absolute Gasteiger partial charge is 0.469 e. The lowest BCUT2D eigenvalue weighted by atomic mass is 10.1. The zero-order chi connectivity index (χ0) is 12.2. The minimum Gasteiger partial charge on any atom is -0.469 e. The quantitative estimate of drug-likeness (QED) is 0.450. The number of amides is 1. The maximum absolute atomic E-state index is 10.9. The zero-order valence-electron chi connectivity index (χ0n) is 9.83. The molecule has 0 radical (unpaired) electrons. The van der Waals surface area contributed by atoms with E-state index in [4.69, 9.17) is 5.11 Å². The van der Waals surface area contributed by atoms with Crippen molar-refractivity contribution in [1.82, 2.24) is 5.32 Å². The molecule has 0 saturated carbocycles. The van der Waals surface area contributed by atoms with Crippen LogP contribution in [0.5, 0.6) is 0 Å². The van der Waals surface area contributed by atoms with E-state index in [0.717, 1.165) is 25.7 Å². The van der Waals surface area contributed by atoms with E-state index in [-0.39, 0.29) is 24.9 Å². The predicted octanol–water partition coefficient (Wildman–Crippen LogP) is 0.608. The highest BCUT2D eigenvalue weighted by Crippen LogP contribution is 2.03. The van der Waals surface area contributed by atoms with Crippen molar-refractivity contribution in [3.8, 4) is 0 Å². The Morgan fingerprint density at radius 2 is 1.81 bits per heavy atom. The minimum absolute atomic E-state index is 0.106. The Bertz CT molecular complexity index is 206. The molecule has 0 aromatic rings. The van der Waals surface area contributed by atoms with Crippen molar-refractivity contribution in [2.45, 2.75) is 38.5 Å². The van der Waals surface area contributed by atoms with E-state index in [9.17, 15) is 9.59 Å². The molecule has 0 spiro atoms. The van der Waals surface area contributed by atoms with Crippen molar-refractivity contribution in [2.24, 2.45) is 0 Å². The maximum Gasteiger partial charge on any atom is 0.305 e. The van der Waals surface area contributed by atoms with E-state index in [1.165, 1.54) is 7.11 Å². The van der Waals surface area contributed by atoms with Gasteiger partial charge < -0.3 is 15.2 Å². The summed E-state index contributed by atoms with van der Waals surface area (Å²) in [6, 6.07) is 0. The fraction of sp³-hybridized carbons (Fsp3) is 0.818. The van der Waals surface area contributed by atoms with Crippen LogP contribution in [0, 0.1) is 0 Å². The molecule has 0 aliphatic carbocycles. The Morgan fingerprint density at radius 3 is 2.44 bits per heavy atom. The van der Waals surface area contributed by atoms with Crippen molar-refractivity contribution < 1.29 is 19.4 Å². The molecule has 1 amide bonds. The summed E-state index contributed by atoms with van der Waals surface area (Å²) in [5, 5.41) is 11.2. The number of aliphatic hydroxyl groups is 1. The van der Waals surface area contributed by atoms with E-state index in [0.29, 0.717) is 13.0 Å². The van der Waals surface area contributed by atoms with E-state index in [2.05, 4.69) is 10.1 Å². The molecular formula is C11H21NO4. The lowest BCUT2D eigenvalue weighted by Gasteiger charge is -2.03. The van der Waals surface area contributed by atoms with Crippen LogP contribution in [0.3, 0.4) is 0 Å². The first-order chi connectivity index (χ1) is 7.70. The second kappa shape index (κ2) is 10.4. The number of hydrogen-bond acceptors (Lipinski definition) is 4. The van der Waals surface area contributed by atoms with Crippen LogP contribution in [0.4, 0.5) is 0 Å². The molecule has 0 bridgehead atoms. The Labute approximate surface area is 96.2 Å². The number of hydrogen-bond donors (Lipinski definition) is 2. The van der Waals surface area contributed by atoms with Gasteiger partial charge in [0.25, 0.3) is 0 Å². The summed E-state index contributed by atoms with van der Waals surface area (Å²) in [6.07, 6.45) is 4.31. The van der Waals surface area contributed by atoms with E-state index < -0.39 is 0 Å². The topological polar surface area (TPSA) is 75.6 Å². The Balaban J connectivity index is 3.15. The SMILES string of the molecule is COC(=O)CCCCCCNC(=O)CCO. The van der Waals surface area contributed by atoms with Crippen molar-refractivity contribution in [2.75, 3.05) is 20.3 Å². The van der Waals surface area contributed by atoms with Gasteiger partial charge in [0.15, 0.2) is 0 Å². The molecule has 0 aliphatic rings. The molecule has 5 heteroatoms. The number of methoxy groups -OCH3 is 1. The number of esters is 1. The van der Waals surface area contributed by atoms with Gasteiger partial charge in [0.1, 0.15) is 0 Å². The molecule has 0 aliphatic heterocycles. The van der Waals surface area contributed by atoms with E-state index in [1.54, 1.807) is 0 Å². The Kier molecular flexibility index (Phi) is 9.70. The lowest BCUT2D eigenvalue weighted by molar-refractivity contribution is -0.140. The van der Waals surface area contributed by atoms with Crippen LogP contribution >= 0.6 is 0 Å². The highest BCUT2D eigenvalue weighted by molar-refractivity contribution is 5.75. The van der Waals surface area contributed by atoms with Gasteiger partial charge in [-0.1, -0.05) is 12.8 Å². The molecular weight excluding hydrogens is 210 g/mol. The minimum atomic E-state index is -0.170. The summed E-state index contributed by atoms with van der Waals surface area (Å²) in [5.41, 5.74) is 0. The molecule has 0 saturated heterocycles. The third-order valence-electron chi connectivity index (χ3n) is 2.20. The number of ether oxygens (including phenoxy) is 1.